The van der Waals surface area contributed by atoms with Crippen LogP contribution in [0.2, 0.25) is 0 Å². The third-order valence-electron chi connectivity index (χ3n) is 2.82. The molecule has 106 valence electrons. The number of carbonyl (C=O) groups is 1. The summed E-state index contributed by atoms with van der Waals surface area (Å²) in [5.41, 5.74) is 0.249. The van der Waals surface area contributed by atoms with Crippen LogP contribution in [0.25, 0.3) is 0 Å². The Balaban J connectivity index is 3.15. The molecule has 1 N–H and O–H groups in total. The summed E-state index contributed by atoms with van der Waals surface area (Å²) in [6.07, 6.45) is -0.0635. The number of nitro groups is 1. The van der Waals surface area contributed by atoms with E-state index in [9.17, 15) is 14.9 Å². The molecule has 7 nitrogen and oxygen atoms in total. The summed E-state index contributed by atoms with van der Waals surface area (Å²) in [7, 11) is 0. The van der Waals surface area contributed by atoms with Crippen molar-refractivity contribution in [2.24, 2.45) is 0 Å². The van der Waals surface area contributed by atoms with Crippen LogP contribution in [-0.2, 0) is 4.79 Å². The number of rotatable bonds is 6. The van der Waals surface area contributed by atoms with E-state index in [2.05, 4.69) is 0 Å². The van der Waals surface area contributed by atoms with Crippen LogP contribution in [0.5, 0.6) is 0 Å². The highest BCUT2D eigenvalue weighted by molar-refractivity contribution is 5.68. The van der Waals surface area contributed by atoms with Crippen LogP contribution >= 0.6 is 0 Å². The van der Waals surface area contributed by atoms with E-state index in [4.69, 9.17) is 10.4 Å². The van der Waals surface area contributed by atoms with E-state index in [1.54, 1.807) is 17.0 Å². The number of nitriles is 1. The topological polar surface area (TPSA) is 107 Å². The van der Waals surface area contributed by atoms with Gasteiger partial charge in [0, 0.05) is 24.3 Å². The second-order valence-corrected chi connectivity index (χ2v) is 4.50. The van der Waals surface area contributed by atoms with Gasteiger partial charge in [0.15, 0.2) is 0 Å². The summed E-state index contributed by atoms with van der Waals surface area (Å²) in [5.74, 6) is -0.932. The maximum absolute atomic E-state index is 10.9. The van der Waals surface area contributed by atoms with Crippen LogP contribution in [0.15, 0.2) is 18.2 Å². The molecule has 0 fully saturated rings. The number of hydrogen-bond donors (Lipinski definition) is 1. The predicted molar refractivity (Wildman–Crippen MR) is 72.5 cm³/mol. The van der Waals surface area contributed by atoms with Gasteiger partial charge in [-0.05, 0) is 26.0 Å². The largest absolute Gasteiger partial charge is 0.481 e. The zero-order valence-corrected chi connectivity index (χ0v) is 11.2. The van der Waals surface area contributed by atoms with Crippen molar-refractivity contribution < 1.29 is 14.8 Å². The highest BCUT2D eigenvalue weighted by atomic mass is 16.6. The van der Waals surface area contributed by atoms with Crippen LogP contribution in [0.1, 0.15) is 25.8 Å². The van der Waals surface area contributed by atoms with Gasteiger partial charge in [-0.25, -0.2) is 0 Å². The highest BCUT2D eigenvalue weighted by Gasteiger charge is 2.19. The minimum absolute atomic E-state index is 0.0121. The first-order valence-corrected chi connectivity index (χ1v) is 6.03. The number of carboxylic acids is 1. The molecule has 0 aliphatic rings. The molecule has 7 heteroatoms. The lowest BCUT2D eigenvalue weighted by atomic mass is 10.1. The molecular formula is C13H15N3O4. The molecule has 0 unspecified atom stereocenters. The molecule has 0 atom stereocenters. The SMILES string of the molecule is CC(C)N(CCC(=O)O)c1ccc(C#N)c([N+](=O)[O-])c1. The summed E-state index contributed by atoms with van der Waals surface area (Å²) in [5, 5.41) is 28.5. The van der Waals surface area contributed by atoms with E-state index in [1.807, 2.05) is 13.8 Å². The minimum atomic E-state index is -0.932. The molecule has 0 spiro atoms. The van der Waals surface area contributed by atoms with Gasteiger partial charge in [-0.1, -0.05) is 0 Å². The number of hydrogen-bond acceptors (Lipinski definition) is 5. The van der Waals surface area contributed by atoms with Gasteiger partial charge in [-0.2, -0.15) is 5.26 Å². The van der Waals surface area contributed by atoms with Crippen LogP contribution < -0.4 is 4.90 Å². The lowest BCUT2D eigenvalue weighted by molar-refractivity contribution is -0.385. The fourth-order valence-corrected chi connectivity index (χ4v) is 1.85. The Morgan fingerprint density at radius 2 is 2.20 bits per heavy atom. The molecule has 1 aromatic carbocycles. The second kappa shape index (κ2) is 6.52. The van der Waals surface area contributed by atoms with Gasteiger partial charge in [0.1, 0.15) is 11.6 Å². The Labute approximate surface area is 116 Å². The molecule has 0 saturated heterocycles. The Morgan fingerprint density at radius 1 is 1.55 bits per heavy atom. The molecule has 0 bridgehead atoms. The van der Waals surface area contributed by atoms with Gasteiger partial charge >= 0.3 is 5.97 Å². The normalized spacial score (nSPS) is 10.1. The molecule has 0 aromatic heterocycles. The van der Waals surface area contributed by atoms with E-state index in [1.165, 1.54) is 12.1 Å². The van der Waals surface area contributed by atoms with E-state index in [-0.39, 0.29) is 30.3 Å². The number of nitrogens with zero attached hydrogens (tertiary/aromatic N) is 3. The number of aliphatic carboxylic acids is 1. The van der Waals surface area contributed by atoms with Gasteiger partial charge in [-0.3, -0.25) is 14.9 Å². The van der Waals surface area contributed by atoms with Crippen LogP contribution in [-0.4, -0.2) is 28.6 Å². The monoisotopic (exact) mass is 277 g/mol. The fraction of sp³-hybridized carbons (Fsp3) is 0.385. The van der Waals surface area contributed by atoms with Crippen molar-refractivity contribution in [3.8, 4) is 6.07 Å². The Morgan fingerprint density at radius 3 is 2.65 bits per heavy atom. The maximum atomic E-state index is 10.9. The number of nitro benzene ring substituents is 1. The first-order valence-electron chi connectivity index (χ1n) is 6.03. The molecule has 0 aliphatic heterocycles. The van der Waals surface area contributed by atoms with Crippen molar-refractivity contribution in [1.82, 2.24) is 0 Å². The number of carboxylic acid groups (broad SMARTS) is 1. The van der Waals surface area contributed by atoms with Crippen molar-refractivity contribution in [2.45, 2.75) is 26.3 Å². The van der Waals surface area contributed by atoms with Crippen molar-refractivity contribution in [1.29, 1.82) is 5.26 Å². The molecule has 0 amide bonds. The van der Waals surface area contributed by atoms with Crippen LogP contribution in [0, 0.1) is 21.4 Å². The summed E-state index contributed by atoms with van der Waals surface area (Å²) >= 11 is 0. The van der Waals surface area contributed by atoms with Gasteiger partial charge < -0.3 is 10.0 Å². The molecule has 0 aliphatic carbocycles. The molecule has 1 aromatic rings. The Hall–Kier alpha value is -2.62. The summed E-state index contributed by atoms with van der Waals surface area (Å²) in [6, 6.07) is 6.03. The van der Waals surface area contributed by atoms with Crippen molar-refractivity contribution in [3.05, 3.63) is 33.9 Å². The quantitative estimate of drug-likeness (QED) is 0.630. The molecule has 20 heavy (non-hydrogen) atoms. The van der Waals surface area contributed by atoms with Gasteiger partial charge in [0.2, 0.25) is 0 Å². The van der Waals surface area contributed by atoms with Gasteiger partial charge in [0.25, 0.3) is 5.69 Å². The lowest BCUT2D eigenvalue weighted by Gasteiger charge is -2.28. The second-order valence-electron chi connectivity index (χ2n) is 4.50. The fourth-order valence-electron chi connectivity index (χ4n) is 1.85. The van der Waals surface area contributed by atoms with Crippen molar-refractivity contribution in [2.75, 3.05) is 11.4 Å². The van der Waals surface area contributed by atoms with Gasteiger partial charge in [-0.15, -0.1) is 0 Å². The average molecular weight is 277 g/mol. The third-order valence-corrected chi connectivity index (χ3v) is 2.82. The third kappa shape index (κ3) is 3.68. The van der Waals surface area contributed by atoms with E-state index < -0.39 is 10.9 Å². The molecule has 0 radical (unpaired) electrons. The summed E-state index contributed by atoms with van der Waals surface area (Å²) < 4.78 is 0. The first kappa shape index (κ1) is 15.4. The molecular weight excluding hydrogens is 262 g/mol. The maximum Gasteiger partial charge on any atom is 0.305 e. The van der Waals surface area contributed by atoms with E-state index in [0.717, 1.165) is 0 Å². The van der Waals surface area contributed by atoms with Crippen LogP contribution in [0.4, 0.5) is 11.4 Å². The minimum Gasteiger partial charge on any atom is -0.481 e. The van der Waals surface area contributed by atoms with Crippen molar-refractivity contribution in [3.63, 3.8) is 0 Å². The van der Waals surface area contributed by atoms with Gasteiger partial charge in [0.05, 0.1) is 11.3 Å². The lowest BCUT2D eigenvalue weighted by Crippen LogP contribution is -2.32. The average Bonchev–Trinajstić information content (AvgIpc) is 2.37. The molecule has 0 heterocycles. The standard InChI is InChI=1S/C13H15N3O4/c1-9(2)15(6-5-13(17)18)11-4-3-10(8-14)12(7-11)16(19)20/h3-4,7,9H,5-6H2,1-2H3,(H,17,18). The number of benzene rings is 1. The Bertz CT molecular complexity index is 563. The summed E-state index contributed by atoms with van der Waals surface area (Å²) in [6.45, 7) is 3.98. The Kier molecular flexibility index (Phi) is 5.03. The highest BCUT2D eigenvalue weighted by Crippen LogP contribution is 2.26. The van der Waals surface area contributed by atoms with E-state index >= 15 is 0 Å². The van der Waals surface area contributed by atoms with Crippen molar-refractivity contribution >= 4 is 17.3 Å². The zero-order chi connectivity index (χ0) is 15.3. The first-order chi connectivity index (χ1) is 9.36. The number of anilines is 1. The van der Waals surface area contributed by atoms with Crippen LogP contribution in [0.3, 0.4) is 0 Å². The predicted octanol–water partition coefficient (Wildman–Crippen LogP) is 2.16. The molecule has 1 rings (SSSR count). The van der Waals surface area contributed by atoms with E-state index in [0.29, 0.717) is 5.69 Å². The zero-order valence-electron chi connectivity index (χ0n) is 11.2. The summed E-state index contributed by atoms with van der Waals surface area (Å²) in [4.78, 5) is 22.7. The molecule has 0 saturated carbocycles. The smallest absolute Gasteiger partial charge is 0.305 e.